The molecule has 3 atom stereocenters. The van der Waals surface area contributed by atoms with Gasteiger partial charge in [-0.3, -0.25) is 19.2 Å². The van der Waals surface area contributed by atoms with Crippen LogP contribution in [0.25, 0.3) is 0 Å². The van der Waals surface area contributed by atoms with Gasteiger partial charge in [0.1, 0.15) is 12.9 Å². The molecular formula is C14H18O9. The smallest absolute Gasteiger partial charge is 0.307 e. The quantitative estimate of drug-likeness (QED) is 0.515. The standard InChI is InChI=1S/C14H18O9/c1-7(15)19-5-11-13(22-9(3)17)14(23-10(4)18)12(6-20-11)21-8(2)16/h6,11,13-14H,5H2,1-4H3/t11-,13+,14-/m1/s1. The van der Waals surface area contributed by atoms with Crippen LogP contribution in [0.1, 0.15) is 27.7 Å². The molecule has 0 aromatic rings. The van der Waals surface area contributed by atoms with E-state index in [4.69, 9.17) is 23.7 Å². The van der Waals surface area contributed by atoms with Gasteiger partial charge in [0.15, 0.2) is 18.0 Å². The van der Waals surface area contributed by atoms with Gasteiger partial charge in [0.25, 0.3) is 0 Å². The maximum Gasteiger partial charge on any atom is 0.307 e. The van der Waals surface area contributed by atoms with E-state index in [0.717, 1.165) is 27.0 Å². The van der Waals surface area contributed by atoms with Gasteiger partial charge in [-0.05, 0) is 0 Å². The van der Waals surface area contributed by atoms with Gasteiger partial charge >= 0.3 is 23.9 Å². The van der Waals surface area contributed by atoms with Crippen LogP contribution < -0.4 is 0 Å². The van der Waals surface area contributed by atoms with Gasteiger partial charge in [-0.25, -0.2) is 0 Å². The van der Waals surface area contributed by atoms with Gasteiger partial charge in [0.05, 0.1) is 0 Å². The molecule has 1 aliphatic heterocycles. The highest BCUT2D eigenvalue weighted by Crippen LogP contribution is 2.26. The van der Waals surface area contributed by atoms with E-state index >= 15 is 0 Å². The molecule has 1 rings (SSSR count). The highest BCUT2D eigenvalue weighted by Gasteiger charge is 2.44. The molecule has 1 heterocycles. The normalized spacial score (nSPS) is 23.0. The predicted octanol–water partition coefficient (Wildman–Crippen LogP) is 0.216. The van der Waals surface area contributed by atoms with E-state index in [-0.39, 0.29) is 12.4 Å². The fourth-order valence-electron chi connectivity index (χ4n) is 1.87. The first-order chi connectivity index (χ1) is 10.7. The van der Waals surface area contributed by atoms with E-state index in [0.29, 0.717) is 0 Å². The van der Waals surface area contributed by atoms with Crippen LogP contribution >= 0.6 is 0 Å². The molecule has 0 fully saturated rings. The molecule has 0 N–H and O–H groups in total. The van der Waals surface area contributed by atoms with Crippen LogP contribution in [0.2, 0.25) is 0 Å². The van der Waals surface area contributed by atoms with Crippen LogP contribution in [0, 0.1) is 0 Å². The summed E-state index contributed by atoms with van der Waals surface area (Å²) < 4.78 is 25.2. The summed E-state index contributed by atoms with van der Waals surface area (Å²) in [5.41, 5.74) is 0. The zero-order chi connectivity index (χ0) is 17.6. The Labute approximate surface area is 132 Å². The van der Waals surface area contributed by atoms with Crippen molar-refractivity contribution >= 4 is 23.9 Å². The van der Waals surface area contributed by atoms with Crippen molar-refractivity contribution in [3.05, 3.63) is 12.0 Å². The molecule has 0 unspecified atom stereocenters. The average Bonchev–Trinajstić information content (AvgIpc) is 2.39. The lowest BCUT2D eigenvalue weighted by Gasteiger charge is -2.35. The summed E-state index contributed by atoms with van der Waals surface area (Å²) in [7, 11) is 0. The second-order valence-electron chi connectivity index (χ2n) is 4.70. The maximum absolute atomic E-state index is 11.3. The van der Waals surface area contributed by atoms with Crippen molar-refractivity contribution in [1.82, 2.24) is 0 Å². The number of esters is 4. The molecule has 128 valence electrons. The minimum absolute atomic E-state index is 0.127. The minimum Gasteiger partial charge on any atom is -0.487 e. The number of carbonyl (C=O) groups is 4. The molecule has 9 nitrogen and oxygen atoms in total. The van der Waals surface area contributed by atoms with E-state index < -0.39 is 42.2 Å². The highest BCUT2D eigenvalue weighted by atomic mass is 16.6. The number of rotatable bonds is 5. The topological polar surface area (TPSA) is 114 Å². The van der Waals surface area contributed by atoms with E-state index in [1.54, 1.807) is 0 Å². The summed E-state index contributed by atoms with van der Waals surface area (Å²) in [4.78, 5) is 44.7. The van der Waals surface area contributed by atoms with Crippen LogP contribution in [-0.2, 0) is 42.9 Å². The van der Waals surface area contributed by atoms with Crippen molar-refractivity contribution in [2.45, 2.75) is 46.0 Å². The first kappa shape index (κ1) is 18.5. The number of hydrogen-bond donors (Lipinski definition) is 0. The second-order valence-corrected chi connectivity index (χ2v) is 4.70. The van der Waals surface area contributed by atoms with E-state index in [2.05, 4.69) is 0 Å². The first-order valence-electron chi connectivity index (χ1n) is 6.72. The summed E-state index contributed by atoms with van der Waals surface area (Å²) in [5, 5.41) is 0. The summed E-state index contributed by atoms with van der Waals surface area (Å²) >= 11 is 0. The van der Waals surface area contributed by atoms with Crippen molar-refractivity contribution in [2.24, 2.45) is 0 Å². The summed E-state index contributed by atoms with van der Waals surface area (Å²) in [5.74, 6) is -2.71. The molecule has 0 saturated carbocycles. The van der Waals surface area contributed by atoms with E-state index in [1.165, 1.54) is 6.92 Å². The van der Waals surface area contributed by atoms with Gasteiger partial charge < -0.3 is 23.7 Å². The largest absolute Gasteiger partial charge is 0.487 e. The minimum atomic E-state index is -1.20. The molecule has 0 radical (unpaired) electrons. The molecule has 0 aromatic carbocycles. The SMILES string of the molecule is CC(=O)OC[C@H]1OC=C(OC(C)=O)[C@@H](OC(C)=O)[C@H]1OC(C)=O. The Balaban J connectivity index is 3.07. The van der Waals surface area contributed by atoms with E-state index in [1.807, 2.05) is 0 Å². The summed E-state index contributed by atoms with van der Waals surface area (Å²) in [6.45, 7) is 4.41. The fourth-order valence-corrected chi connectivity index (χ4v) is 1.87. The third kappa shape index (κ3) is 5.97. The van der Waals surface area contributed by atoms with Crippen LogP contribution in [0.15, 0.2) is 12.0 Å². The fraction of sp³-hybridized carbons (Fsp3) is 0.571. The van der Waals surface area contributed by atoms with Crippen molar-refractivity contribution in [3.8, 4) is 0 Å². The predicted molar refractivity (Wildman–Crippen MR) is 72.5 cm³/mol. The first-order valence-corrected chi connectivity index (χ1v) is 6.72. The van der Waals surface area contributed by atoms with Crippen LogP contribution in [0.5, 0.6) is 0 Å². The van der Waals surface area contributed by atoms with Crippen LogP contribution in [-0.4, -0.2) is 48.8 Å². The van der Waals surface area contributed by atoms with Crippen molar-refractivity contribution in [3.63, 3.8) is 0 Å². The van der Waals surface area contributed by atoms with Gasteiger partial charge in [0, 0.05) is 27.7 Å². The Bertz CT molecular complexity index is 522. The number of hydrogen-bond acceptors (Lipinski definition) is 9. The average molecular weight is 330 g/mol. The third-order valence-corrected chi connectivity index (χ3v) is 2.61. The van der Waals surface area contributed by atoms with Crippen LogP contribution in [0.3, 0.4) is 0 Å². The zero-order valence-corrected chi connectivity index (χ0v) is 13.2. The van der Waals surface area contributed by atoms with Gasteiger partial charge in [-0.15, -0.1) is 0 Å². The van der Waals surface area contributed by atoms with Gasteiger partial charge in [0.2, 0.25) is 6.10 Å². The molecule has 0 saturated heterocycles. The lowest BCUT2D eigenvalue weighted by atomic mass is 10.0. The zero-order valence-electron chi connectivity index (χ0n) is 13.2. The third-order valence-electron chi connectivity index (χ3n) is 2.61. The van der Waals surface area contributed by atoms with Crippen LogP contribution in [0.4, 0.5) is 0 Å². The van der Waals surface area contributed by atoms with Crippen molar-refractivity contribution < 1.29 is 42.9 Å². The van der Waals surface area contributed by atoms with Crippen molar-refractivity contribution in [1.29, 1.82) is 0 Å². The van der Waals surface area contributed by atoms with Crippen molar-refractivity contribution in [2.75, 3.05) is 6.61 Å². The Morgan fingerprint density at radius 3 is 2.04 bits per heavy atom. The van der Waals surface area contributed by atoms with Gasteiger partial charge in [-0.2, -0.15) is 0 Å². The molecule has 23 heavy (non-hydrogen) atoms. The molecular weight excluding hydrogens is 312 g/mol. The molecule has 1 aliphatic rings. The van der Waals surface area contributed by atoms with Gasteiger partial charge in [-0.1, -0.05) is 0 Å². The Kier molecular flexibility index (Phi) is 6.55. The second kappa shape index (κ2) is 8.16. The Morgan fingerprint density at radius 2 is 1.57 bits per heavy atom. The lowest BCUT2D eigenvalue weighted by molar-refractivity contribution is -0.186. The maximum atomic E-state index is 11.3. The molecule has 0 spiro atoms. The molecule has 9 heteroatoms. The molecule has 0 aromatic heterocycles. The Hall–Kier alpha value is -2.58. The molecule has 0 bridgehead atoms. The number of ether oxygens (including phenoxy) is 5. The molecule has 0 aliphatic carbocycles. The Morgan fingerprint density at radius 1 is 0.957 bits per heavy atom. The summed E-state index contributed by atoms with van der Waals surface area (Å²) in [6.07, 6.45) is -2.21. The lowest BCUT2D eigenvalue weighted by Crippen LogP contribution is -2.50. The highest BCUT2D eigenvalue weighted by molar-refractivity contribution is 5.69. The number of carbonyl (C=O) groups excluding carboxylic acids is 4. The monoisotopic (exact) mass is 330 g/mol. The summed E-state index contributed by atoms with van der Waals surface area (Å²) in [6, 6.07) is 0. The molecule has 0 amide bonds. The van der Waals surface area contributed by atoms with E-state index in [9.17, 15) is 19.2 Å².